The van der Waals surface area contributed by atoms with E-state index >= 15 is 0 Å². The van der Waals surface area contributed by atoms with E-state index in [2.05, 4.69) is 29.0 Å². The highest BCUT2D eigenvalue weighted by molar-refractivity contribution is 7.71. The van der Waals surface area contributed by atoms with E-state index in [9.17, 15) is 0 Å². The molecule has 3 rings (SSSR count). The molecule has 0 spiro atoms. The van der Waals surface area contributed by atoms with Crippen LogP contribution < -0.4 is 4.74 Å². The van der Waals surface area contributed by atoms with Crippen molar-refractivity contribution >= 4 is 12.2 Å². The molecule has 0 fully saturated rings. The number of fused-ring (bicyclic) bond motifs is 1. The maximum absolute atomic E-state index is 5.55. The SMILES string of the molecule is CCc1nc(=S)c(C)c(-c2ccc3c(c2)CCO3)[nH]1. The Labute approximate surface area is 117 Å². The number of H-pyrrole nitrogens is 1. The third kappa shape index (κ3) is 2.16. The predicted octanol–water partition coefficient (Wildman–Crippen LogP) is 3.61. The summed E-state index contributed by atoms with van der Waals surface area (Å²) in [4.78, 5) is 7.78. The highest BCUT2D eigenvalue weighted by Crippen LogP contribution is 2.31. The van der Waals surface area contributed by atoms with Gasteiger partial charge in [-0.2, -0.15) is 0 Å². The van der Waals surface area contributed by atoms with Crippen molar-refractivity contribution in [3.63, 3.8) is 0 Å². The molecule has 1 aromatic carbocycles. The molecule has 1 aromatic heterocycles. The molecule has 4 heteroatoms. The fourth-order valence-corrected chi connectivity index (χ4v) is 2.59. The summed E-state index contributed by atoms with van der Waals surface area (Å²) in [6.07, 6.45) is 1.83. The van der Waals surface area contributed by atoms with Crippen molar-refractivity contribution in [1.82, 2.24) is 9.97 Å². The van der Waals surface area contributed by atoms with E-state index in [1.807, 2.05) is 13.0 Å². The maximum atomic E-state index is 5.55. The largest absolute Gasteiger partial charge is 0.493 e. The van der Waals surface area contributed by atoms with Gasteiger partial charge >= 0.3 is 0 Å². The van der Waals surface area contributed by atoms with Crippen molar-refractivity contribution in [3.05, 3.63) is 39.8 Å². The van der Waals surface area contributed by atoms with Gasteiger partial charge in [0.2, 0.25) is 0 Å². The van der Waals surface area contributed by atoms with Gasteiger partial charge in [0.15, 0.2) is 0 Å². The van der Waals surface area contributed by atoms with Crippen LogP contribution in [-0.4, -0.2) is 16.6 Å². The first-order chi connectivity index (χ1) is 9.19. The summed E-state index contributed by atoms with van der Waals surface area (Å²) in [5.41, 5.74) is 4.54. The number of benzene rings is 1. The number of hydrogen-bond donors (Lipinski definition) is 1. The molecule has 0 bridgehead atoms. The van der Waals surface area contributed by atoms with Gasteiger partial charge in [-0.25, -0.2) is 4.98 Å². The zero-order valence-corrected chi connectivity index (χ0v) is 11.9. The summed E-state index contributed by atoms with van der Waals surface area (Å²) in [5.74, 6) is 1.94. The maximum Gasteiger partial charge on any atom is 0.133 e. The summed E-state index contributed by atoms with van der Waals surface area (Å²) < 4.78 is 6.23. The van der Waals surface area contributed by atoms with Crippen LogP contribution in [0.4, 0.5) is 0 Å². The molecule has 2 heterocycles. The lowest BCUT2D eigenvalue weighted by Crippen LogP contribution is -1.99. The molecule has 0 amide bonds. The van der Waals surface area contributed by atoms with Gasteiger partial charge in [-0.1, -0.05) is 19.1 Å². The van der Waals surface area contributed by atoms with Crippen molar-refractivity contribution in [2.24, 2.45) is 0 Å². The van der Waals surface area contributed by atoms with Crippen LogP contribution in [0.2, 0.25) is 0 Å². The van der Waals surface area contributed by atoms with Crippen molar-refractivity contribution in [2.45, 2.75) is 26.7 Å². The Morgan fingerprint density at radius 3 is 3.05 bits per heavy atom. The van der Waals surface area contributed by atoms with E-state index in [1.54, 1.807) is 0 Å². The molecule has 0 radical (unpaired) electrons. The van der Waals surface area contributed by atoms with Gasteiger partial charge in [0.1, 0.15) is 16.2 Å². The Balaban J connectivity index is 2.16. The van der Waals surface area contributed by atoms with Crippen molar-refractivity contribution in [2.75, 3.05) is 6.61 Å². The smallest absolute Gasteiger partial charge is 0.133 e. The normalized spacial score (nSPS) is 13.2. The van der Waals surface area contributed by atoms with Crippen LogP contribution in [0, 0.1) is 11.6 Å². The van der Waals surface area contributed by atoms with Crippen LogP contribution in [0.5, 0.6) is 5.75 Å². The van der Waals surface area contributed by atoms with Crippen molar-refractivity contribution in [1.29, 1.82) is 0 Å². The molecule has 3 nitrogen and oxygen atoms in total. The molecule has 0 atom stereocenters. The van der Waals surface area contributed by atoms with Crippen LogP contribution in [0.1, 0.15) is 23.9 Å². The average Bonchev–Trinajstić information content (AvgIpc) is 2.88. The molecule has 1 N–H and O–H groups in total. The summed E-state index contributed by atoms with van der Waals surface area (Å²) >= 11 is 5.34. The van der Waals surface area contributed by atoms with E-state index in [0.29, 0.717) is 4.64 Å². The molecule has 2 aromatic rings. The Morgan fingerprint density at radius 1 is 1.42 bits per heavy atom. The molecule has 0 saturated carbocycles. The molecule has 0 aliphatic carbocycles. The average molecular weight is 272 g/mol. The quantitative estimate of drug-likeness (QED) is 0.849. The number of rotatable bonds is 2. The fourth-order valence-electron chi connectivity index (χ4n) is 2.38. The minimum absolute atomic E-state index is 0.683. The van der Waals surface area contributed by atoms with E-state index < -0.39 is 0 Å². The number of aromatic amines is 1. The Morgan fingerprint density at radius 2 is 2.26 bits per heavy atom. The van der Waals surface area contributed by atoms with E-state index in [-0.39, 0.29) is 0 Å². The third-order valence-electron chi connectivity index (χ3n) is 3.51. The van der Waals surface area contributed by atoms with Crippen LogP contribution in [0.25, 0.3) is 11.3 Å². The summed E-state index contributed by atoms with van der Waals surface area (Å²) in [6.45, 7) is 4.87. The van der Waals surface area contributed by atoms with Crippen molar-refractivity contribution in [3.8, 4) is 17.0 Å². The third-order valence-corrected chi connectivity index (χ3v) is 3.91. The first-order valence-corrected chi connectivity index (χ1v) is 6.95. The first-order valence-electron chi connectivity index (χ1n) is 6.55. The number of ether oxygens (including phenoxy) is 1. The van der Waals surface area contributed by atoms with Crippen LogP contribution in [0.3, 0.4) is 0 Å². The predicted molar refractivity (Wildman–Crippen MR) is 78.2 cm³/mol. The van der Waals surface area contributed by atoms with Gasteiger partial charge in [-0.15, -0.1) is 0 Å². The van der Waals surface area contributed by atoms with Gasteiger partial charge in [-0.05, 0) is 36.2 Å². The number of nitrogens with one attached hydrogen (secondary N) is 1. The zero-order chi connectivity index (χ0) is 13.4. The number of aromatic nitrogens is 2. The Bertz CT molecular complexity index is 691. The zero-order valence-electron chi connectivity index (χ0n) is 11.1. The van der Waals surface area contributed by atoms with E-state index in [0.717, 1.165) is 47.8 Å². The second-order valence-corrected chi connectivity index (χ2v) is 5.15. The van der Waals surface area contributed by atoms with E-state index in [4.69, 9.17) is 17.0 Å². The van der Waals surface area contributed by atoms with Crippen LogP contribution in [-0.2, 0) is 12.8 Å². The molecule has 1 aliphatic rings. The highest BCUT2D eigenvalue weighted by atomic mass is 32.1. The lowest BCUT2D eigenvalue weighted by molar-refractivity contribution is 0.357. The summed E-state index contributed by atoms with van der Waals surface area (Å²) in [5, 5.41) is 0. The van der Waals surface area contributed by atoms with Crippen LogP contribution in [0.15, 0.2) is 18.2 Å². The monoisotopic (exact) mass is 272 g/mol. The molecule has 1 aliphatic heterocycles. The van der Waals surface area contributed by atoms with Gasteiger partial charge in [0, 0.05) is 18.4 Å². The van der Waals surface area contributed by atoms with Gasteiger partial charge in [0.25, 0.3) is 0 Å². The number of hydrogen-bond acceptors (Lipinski definition) is 3. The molecule has 19 heavy (non-hydrogen) atoms. The van der Waals surface area contributed by atoms with Gasteiger partial charge < -0.3 is 9.72 Å². The lowest BCUT2D eigenvalue weighted by atomic mass is 10.0. The highest BCUT2D eigenvalue weighted by Gasteiger charge is 2.14. The fraction of sp³-hybridized carbons (Fsp3) is 0.333. The Hall–Kier alpha value is -1.68. The minimum atomic E-state index is 0.683. The lowest BCUT2D eigenvalue weighted by Gasteiger charge is -2.10. The topological polar surface area (TPSA) is 37.9 Å². The standard InChI is InChI=1S/C15H16N2OS/c1-3-13-16-14(9(2)15(19)17-13)11-4-5-12-10(8-11)6-7-18-12/h4-5,8H,3,6-7H2,1-2H3,(H,16,17,19). The summed E-state index contributed by atoms with van der Waals surface area (Å²) in [6, 6.07) is 6.31. The number of nitrogens with zero attached hydrogens (tertiary/aromatic N) is 1. The molecule has 0 unspecified atom stereocenters. The molecular weight excluding hydrogens is 256 g/mol. The van der Waals surface area contributed by atoms with Gasteiger partial charge in [-0.3, -0.25) is 0 Å². The van der Waals surface area contributed by atoms with Gasteiger partial charge in [0.05, 0.1) is 12.3 Å². The molecule has 0 saturated heterocycles. The summed E-state index contributed by atoms with van der Waals surface area (Å²) in [7, 11) is 0. The van der Waals surface area contributed by atoms with Crippen molar-refractivity contribution < 1.29 is 4.74 Å². The molecule has 98 valence electrons. The second-order valence-electron chi connectivity index (χ2n) is 4.76. The Kier molecular flexibility index (Phi) is 3.11. The number of aryl methyl sites for hydroxylation is 1. The van der Waals surface area contributed by atoms with Crippen LogP contribution >= 0.6 is 12.2 Å². The molecular formula is C15H16N2OS. The second kappa shape index (κ2) is 4.78. The minimum Gasteiger partial charge on any atom is -0.493 e. The van der Waals surface area contributed by atoms with E-state index in [1.165, 1.54) is 5.56 Å². The first kappa shape index (κ1) is 12.4.